The Balaban J connectivity index is 1.70. The number of unbranched alkanes of at least 4 members (excludes halogenated alkanes) is 1. The Hall–Kier alpha value is -2.05. The van der Waals surface area contributed by atoms with Gasteiger partial charge < -0.3 is 15.5 Å². The molecule has 32 heavy (non-hydrogen) atoms. The van der Waals surface area contributed by atoms with E-state index in [1.54, 1.807) is 11.8 Å². The van der Waals surface area contributed by atoms with E-state index < -0.39 is 0 Å². The predicted octanol–water partition coefficient (Wildman–Crippen LogP) is 4.59. The van der Waals surface area contributed by atoms with Crippen LogP contribution in [0.5, 0.6) is 0 Å². The molecule has 2 unspecified atom stereocenters. The maximum atomic E-state index is 8.51. The SMILES string of the molecule is C/C=C\SC(C)C1=NCC(C(=N)/C=C\C)=C2CC(NBc3ccc(CCCC)cc3)CN12. The van der Waals surface area contributed by atoms with Crippen LogP contribution >= 0.6 is 11.8 Å². The van der Waals surface area contributed by atoms with E-state index in [1.165, 1.54) is 36.0 Å². The van der Waals surface area contributed by atoms with Gasteiger partial charge in [0, 0.05) is 30.3 Å². The number of aryl methyl sites for hydroxylation is 1. The third-order valence-corrected chi connectivity index (χ3v) is 7.12. The van der Waals surface area contributed by atoms with E-state index in [9.17, 15) is 0 Å². The zero-order valence-electron chi connectivity index (χ0n) is 20.0. The lowest BCUT2D eigenvalue weighted by Gasteiger charge is -2.31. The fourth-order valence-corrected chi connectivity index (χ4v) is 5.03. The molecule has 2 aliphatic heterocycles. The highest BCUT2D eigenvalue weighted by Gasteiger charge is 2.36. The van der Waals surface area contributed by atoms with Crippen LogP contribution in [0.4, 0.5) is 0 Å². The number of nitrogens with one attached hydrogen (secondary N) is 2. The van der Waals surface area contributed by atoms with Gasteiger partial charge in [0.25, 0.3) is 0 Å². The number of aliphatic imine (C=N–C) groups is 1. The molecule has 170 valence electrons. The number of benzene rings is 1. The fraction of sp³-hybridized carbons (Fsp3) is 0.462. The van der Waals surface area contributed by atoms with Gasteiger partial charge in [-0.25, -0.2) is 0 Å². The first kappa shape index (κ1) is 24.6. The quantitative estimate of drug-likeness (QED) is 0.385. The lowest BCUT2D eigenvalue weighted by molar-refractivity contribution is 0.528. The number of rotatable bonds is 11. The van der Waals surface area contributed by atoms with Crippen molar-refractivity contribution in [1.29, 1.82) is 5.41 Å². The van der Waals surface area contributed by atoms with E-state index in [2.05, 4.69) is 66.6 Å². The second-order valence-corrected chi connectivity index (χ2v) is 9.83. The summed E-state index contributed by atoms with van der Waals surface area (Å²) < 4.78 is 0. The molecule has 0 aliphatic carbocycles. The molecule has 2 aliphatic rings. The highest BCUT2D eigenvalue weighted by Crippen LogP contribution is 2.32. The number of fused-ring (bicyclic) bond motifs is 1. The zero-order chi connectivity index (χ0) is 22.9. The largest absolute Gasteiger partial charge is 0.350 e. The molecule has 1 aromatic carbocycles. The second kappa shape index (κ2) is 12.3. The summed E-state index contributed by atoms with van der Waals surface area (Å²) in [6.07, 6.45) is 10.5. The molecule has 6 heteroatoms. The topological polar surface area (TPSA) is 51.5 Å². The van der Waals surface area contributed by atoms with Crippen LogP contribution in [0.2, 0.25) is 0 Å². The molecule has 2 N–H and O–H groups in total. The van der Waals surface area contributed by atoms with E-state index in [1.807, 2.05) is 19.1 Å². The van der Waals surface area contributed by atoms with Gasteiger partial charge in [-0.2, -0.15) is 0 Å². The molecule has 1 saturated heterocycles. The number of hydrogen-bond donors (Lipinski definition) is 2. The van der Waals surface area contributed by atoms with Crippen LogP contribution in [-0.2, 0) is 6.42 Å². The highest BCUT2D eigenvalue weighted by atomic mass is 32.2. The van der Waals surface area contributed by atoms with Gasteiger partial charge in [0.15, 0.2) is 0 Å². The first-order valence-electron chi connectivity index (χ1n) is 11.9. The summed E-state index contributed by atoms with van der Waals surface area (Å²) in [6, 6.07) is 9.42. The highest BCUT2D eigenvalue weighted by molar-refractivity contribution is 8.03. The Morgan fingerprint density at radius 1 is 1.31 bits per heavy atom. The molecular weight excluding hydrogens is 411 g/mol. The standard InChI is InChI=1S/C26H37BN4S/c1-5-8-10-20-11-13-21(14-12-20)27-30-22-16-25-23(24(28)9-6-2)17-29-26(31(25)18-22)19(4)32-15-7-3/h6-7,9,11-15,19,22,27-28,30H,5,8,10,16-18H2,1-4H3/b9-6-,15-7-,28-24?. The Labute approximate surface area is 199 Å². The molecule has 0 amide bonds. The van der Waals surface area contributed by atoms with Crippen molar-refractivity contribution in [3.8, 4) is 0 Å². The lowest BCUT2D eigenvalue weighted by atomic mass is 9.81. The smallest absolute Gasteiger partial charge is 0.236 e. The van der Waals surface area contributed by atoms with E-state index in [-0.39, 0.29) is 0 Å². The first-order valence-corrected chi connectivity index (χ1v) is 12.8. The van der Waals surface area contributed by atoms with Gasteiger partial charge in [-0.3, -0.25) is 4.99 Å². The minimum atomic E-state index is 0.299. The van der Waals surface area contributed by atoms with Crippen LogP contribution in [0.1, 0.15) is 52.5 Å². The van der Waals surface area contributed by atoms with Crippen molar-refractivity contribution >= 4 is 36.2 Å². The Kier molecular flexibility index (Phi) is 9.43. The van der Waals surface area contributed by atoms with Crippen LogP contribution < -0.4 is 10.7 Å². The average molecular weight is 448 g/mol. The summed E-state index contributed by atoms with van der Waals surface area (Å²) in [5.74, 6) is 1.14. The summed E-state index contributed by atoms with van der Waals surface area (Å²) in [4.78, 5) is 7.30. The van der Waals surface area contributed by atoms with Gasteiger partial charge >= 0.3 is 0 Å². The molecule has 0 spiro atoms. The van der Waals surface area contributed by atoms with Crippen LogP contribution in [0.15, 0.2) is 64.2 Å². The summed E-state index contributed by atoms with van der Waals surface area (Å²) in [7, 11) is 0.872. The Bertz CT molecular complexity index is 901. The maximum absolute atomic E-state index is 8.51. The van der Waals surface area contributed by atoms with Crippen molar-refractivity contribution in [3.05, 3.63) is 64.7 Å². The third kappa shape index (κ3) is 6.26. The molecule has 2 heterocycles. The van der Waals surface area contributed by atoms with Crippen LogP contribution in [0.3, 0.4) is 0 Å². The number of allylic oxidation sites excluding steroid dienone is 3. The second-order valence-electron chi connectivity index (χ2n) is 8.57. The number of amidine groups is 1. The van der Waals surface area contributed by atoms with Gasteiger partial charge in [0.2, 0.25) is 7.41 Å². The summed E-state index contributed by atoms with van der Waals surface area (Å²) in [6.45, 7) is 10.0. The van der Waals surface area contributed by atoms with Crippen LogP contribution in [0, 0.1) is 5.41 Å². The van der Waals surface area contributed by atoms with E-state index >= 15 is 0 Å². The number of hydrogen-bond acceptors (Lipinski definition) is 5. The number of thioether (sulfide) groups is 1. The molecule has 0 bridgehead atoms. The van der Waals surface area contributed by atoms with Gasteiger partial charge in [0.1, 0.15) is 5.84 Å². The van der Waals surface area contributed by atoms with Crippen molar-refractivity contribution < 1.29 is 0 Å². The van der Waals surface area contributed by atoms with Crippen molar-refractivity contribution in [3.63, 3.8) is 0 Å². The molecule has 0 saturated carbocycles. The molecule has 0 radical (unpaired) electrons. The zero-order valence-corrected chi connectivity index (χ0v) is 20.8. The van der Waals surface area contributed by atoms with Crippen molar-refractivity contribution in [1.82, 2.24) is 10.1 Å². The maximum Gasteiger partial charge on any atom is 0.236 e. The normalized spacial score (nSPS) is 19.6. The molecule has 3 rings (SSSR count). The van der Waals surface area contributed by atoms with Gasteiger partial charge in [-0.15, -0.1) is 11.8 Å². The first-order chi connectivity index (χ1) is 15.6. The van der Waals surface area contributed by atoms with Crippen molar-refractivity contribution in [2.45, 2.75) is 64.7 Å². The summed E-state index contributed by atoms with van der Waals surface area (Å²) >= 11 is 1.81. The van der Waals surface area contributed by atoms with E-state index in [0.29, 0.717) is 23.5 Å². The minimum absolute atomic E-state index is 0.299. The predicted molar refractivity (Wildman–Crippen MR) is 144 cm³/mol. The molecule has 0 aromatic heterocycles. The van der Waals surface area contributed by atoms with Gasteiger partial charge in [-0.1, -0.05) is 55.2 Å². The molecular formula is C26H37BN4S. The Morgan fingerprint density at radius 3 is 2.78 bits per heavy atom. The lowest BCUT2D eigenvalue weighted by Crippen LogP contribution is -2.43. The van der Waals surface area contributed by atoms with Crippen molar-refractivity contribution in [2.24, 2.45) is 4.99 Å². The average Bonchev–Trinajstić information content (AvgIpc) is 3.24. The van der Waals surface area contributed by atoms with Crippen LogP contribution in [0.25, 0.3) is 0 Å². The van der Waals surface area contributed by atoms with Gasteiger partial charge in [-0.05, 0) is 50.7 Å². The third-order valence-electron chi connectivity index (χ3n) is 6.07. The van der Waals surface area contributed by atoms with E-state index in [0.717, 1.165) is 31.8 Å². The molecule has 1 fully saturated rings. The monoisotopic (exact) mass is 448 g/mol. The molecule has 4 nitrogen and oxygen atoms in total. The van der Waals surface area contributed by atoms with E-state index in [4.69, 9.17) is 10.4 Å². The molecule has 2 atom stereocenters. The summed E-state index contributed by atoms with van der Waals surface area (Å²) in [5.41, 5.74) is 5.70. The number of nitrogens with zero attached hydrogens (tertiary/aromatic N) is 2. The van der Waals surface area contributed by atoms with Crippen LogP contribution in [-0.4, -0.2) is 48.2 Å². The Morgan fingerprint density at radius 2 is 2.09 bits per heavy atom. The molecule has 1 aromatic rings. The van der Waals surface area contributed by atoms with Crippen molar-refractivity contribution in [2.75, 3.05) is 13.1 Å². The fourth-order valence-electron chi connectivity index (χ4n) is 4.31. The minimum Gasteiger partial charge on any atom is -0.350 e. The van der Waals surface area contributed by atoms with Gasteiger partial charge in [0.05, 0.1) is 17.5 Å². The summed E-state index contributed by atoms with van der Waals surface area (Å²) in [5, 5.41) is 14.7.